The van der Waals surface area contributed by atoms with Crippen molar-refractivity contribution in [1.82, 2.24) is 4.98 Å². The molecule has 0 saturated heterocycles. The van der Waals surface area contributed by atoms with Crippen LogP contribution in [0.2, 0.25) is 0 Å². The van der Waals surface area contributed by atoms with Gasteiger partial charge in [0, 0.05) is 17.3 Å². The molecule has 3 aliphatic carbocycles. The van der Waals surface area contributed by atoms with Gasteiger partial charge in [0.25, 0.3) is 0 Å². The van der Waals surface area contributed by atoms with Gasteiger partial charge in [-0.2, -0.15) is 0 Å². The van der Waals surface area contributed by atoms with Crippen LogP contribution in [-0.4, -0.2) is 16.1 Å². The second-order valence-electron chi connectivity index (χ2n) is 6.07. The molecule has 2 bridgehead atoms. The Morgan fingerprint density at radius 1 is 1.17 bits per heavy atom. The van der Waals surface area contributed by atoms with Gasteiger partial charge in [-0.05, 0) is 56.1 Å². The number of hydrogen-bond donors (Lipinski definition) is 1. The molecule has 0 unspecified atom stereocenters. The highest BCUT2D eigenvalue weighted by Crippen LogP contribution is 2.58. The van der Waals surface area contributed by atoms with Gasteiger partial charge in [0.05, 0.1) is 6.42 Å². The average molecular weight is 245 g/mol. The van der Waals surface area contributed by atoms with Gasteiger partial charge in [-0.3, -0.25) is 9.78 Å². The lowest BCUT2D eigenvalue weighted by Crippen LogP contribution is -2.45. The molecule has 0 atom stereocenters. The molecule has 18 heavy (non-hydrogen) atoms. The molecule has 0 spiro atoms. The zero-order valence-electron chi connectivity index (χ0n) is 10.6. The van der Waals surface area contributed by atoms with E-state index >= 15 is 0 Å². The molecule has 1 aromatic heterocycles. The third kappa shape index (κ3) is 1.82. The second kappa shape index (κ2) is 4.08. The van der Waals surface area contributed by atoms with Crippen LogP contribution in [0.4, 0.5) is 0 Å². The summed E-state index contributed by atoms with van der Waals surface area (Å²) in [7, 11) is 0. The normalized spacial score (nSPS) is 34.4. The maximum atomic E-state index is 11.0. The summed E-state index contributed by atoms with van der Waals surface area (Å²) in [4.78, 5) is 15.5. The molecular weight excluding hydrogens is 226 g/mol. The molecule has 0 radical (unpaired) electrons. The SMILES string of the molecule is O=C(O)CC12CCC(c3ccccn3)(CC1)CC2. The zero-order valence-corrected chi connectivity index (χ0v) is 10.6. The van der Waals surface area contributed by atoms with Gasteiger partial charge < -0.3 is 5.11 Å². The molecule has 0 aliphatic heterocycles. The van der Waals surface area contributed by atoms with E-state index in [1.54, 1.807) is 0 Å². The van der Waals surface area contributed by atoms with Crippen molar-refractivity contribution >= 4 is 5.97 Å². The summed E-state index contributed by atoms with van der Waals surface area (Å²) in [5.74, 6) is -0.637. The van der Waals surface area contributed by atoms with Crippen LogP contribution in [0.5, 0.6) is 0 Å². The van der Waals surface area contributed by atoms with Gasteiger partial charge in [-0.25, -0.2) is 0 Å². The number of carboxylic acids is 1. The summed E-state index contributed by atoms with van der Waals surface area (Å²) in [5, 5.41) is 9.05. The maximum Gasteiger partial charge on any atom is 0.303 e. The van der Waals surface area contributed by atoms with E-state index in [1.165, 1.54) is 5.69 Å². The van der Waals surface area contributed by atoms with E-state index in [1.807, 2.05) is 12.3 Å². The Kier molecular flexibility index (Phi) is 2.65. The van der Waals surface area contributed by atoms with E-state index in [-0.39, 0.29) is 10.8 Å². The number of carboxylic acid groups (broad SMARTS) is 1. The molecule has 0 aromatic carbocycles. The first kappa shape index (κ1) is 11.7. The van der Waals surface area contributed by atoms with Crippen LogP contribution in [0, 0.1) is 5.41 Å². The van der Waals surface area contributed by atoms with Crippen molar-refractivity contribution in [3.05, 3.63) is 30.1 Å². The van der Waals surface area contributed by atoms with Crippen molar-refractivity contribution in [2.24, 2.45) is 5.41 Å². The Hall–Kier alpha value is -1.38. The van der Waals surface area contributed by atoms with Crippen molar-refractivity contribution in [3.63, 3.8) is 0 Å². The molecule has 1 heterocycles. The van der Waals surface area contributed by atoms with Crippen LogP contribution in [-0.2, 0) is 10.2 Å². The Bertz CT molecular complexity index is 430. The molecule has 3 nitrogen and oxygen atoms in total. The lowest BCUT2D eigenvalue weighted by molar-refractivity contribution is -0.142. The number of carbonyl (C=O) groups is 1. The minimum atomic E-state index is -0.637. The summed E-state index contributed by atoms with van der Waals surface area (Å²) in [5.41, 5.74) is 1.54. The summed E-state index contributed by atoms with van der Waals surface area (Å²) in [6.45, 7) is 0. The monoisotopic (exact) mass is 245 g/mol. The van der Waals surface area contributed by atoms with Crippen molar-refractivity contribution < 1.29 is 9.90 Å². The van der Waals surface area contributed by atoms with Crippen molar-refractivity contribution in [1.29, 1.82) is 0 Å². The van der Waals surface area contributed by atoms with Crippen LogP contribution >= 0.6 is 0 Å². The van der Waals surface area contributed by atoms with Gasteiger partial charge in [0.15, 0.2) is 0 Å². The van der Waals surface area contributed by atoms with Crippen LogP contribution in [0.25, 0.3) is 0 Å². The number of nitrogens with zero attached hydrogens (tertiary/aromatic N) is 1. The van der Waals surface area contributed by atoms with Gasteiger partial charge in [0.1, 0.15) is 0 Å². The van der Waals surface area contributed by atoms with E-state index in [2.05, 4.69) is 17.1 Å². The molecule has 4 rings (SSSR count). The minimum Gasteiger partial charge on any atom is -0.481 e. The Labute approximate surface area is 107 Å². The highest BCUT2D eigenvalue weighted by atomic mass is 16.4. The van der Waals surface area contributed by atoms with E-state index in [4.69, 9.17) is 5.11 Å². The average Bonchev–Trinajstić information content (AvgIpc) is 2.41. The Balaban J connectivity index is 1.81. The van der Waals surface area contributed by atoms with Gasteiger partial charge in [0.2, 0.25) is 0 Å². The molecule has 96 valence electrons. The fourth-order valence-corrected chi connectivity index (χ4v) is 3.91. The molecule has 3 aliphatic rings. The molecule has 1 aromatic rings. The lowest BCUT2D eigenvalue weighted by atomic mass is 9.52. The van der Waals surface area contributed by atoms with E-state index < -0.39 is 5.97 Å². The largest absolute Gasteiger partial charge is 0.481 e. The van der Waals surface area contributed by atoms with Crippen LogP contribution < -0.4 is 0 Å². The minimum absolute atomic E-state index is 0.0857. The standard InChI is InChI=1S/C15H19NO2/c17-13(18)11-14-4-7-15(8-5-14,9-6-14)12-3-1-2-10-16-12/h1-3,10H,4-9,11H2,(H,17,18). The van der Waals surface area contributed by atoms with Crippen LogP contribution in [0.3, 0.4) is 0 Å². The molecule has 1 N–H and O–H groups in total. The van der Waals surface area contributed by atoms with Crippen LogP contribution in [0.1, 0.15) is 50.6 Å². The molecular formula is C15H19NO2. The fraction of sp³-hybridized carbons (Fsp3) is 0.600. The highest BCUT2D eigenvalue weighted by molar-refractivity contribution is 5.67. The number of fused-ring (bicyclic) bond motifs is 3. The quantitative estimate of drug-likeness (QED) is 0.890. The predicted octanol–water partition coefficient (Wildman–Crippen LogP) is 3.15. The summed E-state index contributed by atoms with van der Waals surface area (Å²) >= 11 is 0. The predicted molar refractivity (Wildman–Crippen MR) is 68.3 cm³/mol. The first-order chi connectivity index (χ1) is 8.64. The smallest absolute Gasteiger partial charge is 0.303 e. The van der Waals surface area contributed by atoms with Gasteiger partial charge in [-0.1, -0.05) is 6.07 Å². The summed E-state index contributed by atoms with van der Waals surface area (Å²) < 4.78 is 0. The van der Waals surface area contributed by atoms with Gasteiger partial charge in [-0.15, -0.1) is 0 Å². The van der Waals surface area contributed by atoms with E-state index in [9.17, 15) is 4.79 Å². The molecule has 3 fully saturated rings. The van der Waals surface area contributed by atoms with Crippen LogP contribution in [0.15, 0.2) is 24.4 Å². The Morgan fingerprint density at radius 2 is 1.83 bits per heavy atom. The number of aliphatic carboxylic acids is 1. The molecule has 3 saturated carbocycles. The number of hydrogen-bond acceptors (Lipinski definition) is 2. The Morgan fingerprint density at radius 3 is 2.33 bits per heavy atom. The number of rotatable bonds is 3. The van der Waals surface area contributed by atoms with E-state index in [0.717, 1.165) is 38.5 Å². The zero-order chi connectivity index (χ0) is 12.6. The van der Waals surface area contributed by atoms with Crippen molar-refractivity contribution in [2.75, 3.05) is 0 Å². The van der Waals surface area contributed by atoms with Crippen molar-refractivity contribution in [2.45, 2.75) is 50.4 Å². The number of aromatic nitrogens is 1. The number of pyridine rings is 1. The third-order valence-corrected chi connectivity index (χ3v) is 5.14. The second-order valence-corrected chi connectivity index (χ2v) is 6.07. The molecule has 3 heteroatoms. The van der Waals surface area contributed by atoms with E-state index in [0.29, 0.717) is 6.42 Å². The summed E-state index contributed by atoms with van der Waals surface area (Å²) in [6.07, 6.45) is 8.70. The molecule has 0 amide bonds. The summed E-state index contributed by atoms with van der Waals surface area (Å²) in [6, 6.07) is 6.15. The van der Waals surface area contributed by atoms with Gasteiger partial charge >= 0.3 is 5.97 Å². The lowest BCUT2D eigenvalue weighted by Gasteiger charge is -2.52. The highest BCUT2D eigenvalue weighted by Gasteiger charge is 2.50. The maximum absolute atomic E-state index is 11.0. The van der Waals surface area contributed by atoms with Crippen molar-refractivity contribution in [3.8, 4) is 0 Å². The first-order valence-corrected chi connectivity index (χ1v) is 6.78. The third-order valence-electron chi connectivity index (χ3n) is 5.14. The first-order valence-electron chi connectivity index (χ1n) is 6.78. The fourth-order valence-electron chi connectivity index (χ4n) is 3.91. The topological polar surface area (TPSA) is 50.2 Å².